The Morgan fingerprint density at radius 3 is 2.11 bits per heavy atom. The fourth-order valence-electron chi connectivity index (χ4n) is 3.49. The molecule has 1 saturated carbocycles. The highest BCUT2D eigenvalue weighted by atomic mass is 15.2. The summed E-state index contributed by atoms with van der Waals surface area (Å²) in [5.41, 5.74) is 2.65. The maximum atomic E-state index is 8.80. The van der Waals surface area contributed by atoms with Crippen LogP contribution in [0.3, 0.4) is 0 Å². The molecule has 0 radical (unpaired) electrons. The second-order valence-corrected chi connectivity index (χ2v) is 5.93. The van der Waals surface area contributed by atoms with Crippen LogP contribution in [-0.4, -0.2) is 13.1 Å². The molecule has 2 heteroatoms. The molecule has 0 N–H and O–H groups in total. The lowest BCUT2D eigenvalue weighted by Gasteiger charge is -2.51. The monoisotopic (exact) mass is 240 g/mol. The predicted molar refractivity (Wildman–Crippen MR) is 73.5 cm³/mol. The molecule has 0 bridgehead atoms. The van der Waals surface area contributed by atoms with E-state index in [2.05, 4.69) is 23.1 Å². The number of nitrogens with zero attached hydrogens (tertiary/aromatic N) is 2. The number of benzene rings is 1. The van der Waals surface area contributed by atoms with Crippen molar-refractivity contribution in [2.45, 2.75) is 38.5 Å². The molecule has 0 amide bonds. The van der Waals surface area contributed by atoms with Crippen LogP contribution in [0.25, 0.3) is 0 Å². The molecule has 0 unspecified atom stereocenters. The molecule has 1 aliphatic carbocycles. The molecule has 2 nitrogen and oxygen atoms in total. The molecule has 94 valence electrons. The first-order valence-corrected chi connectivity index (χ1v) is 7.07. The van der Waals surface area contributed by atoms with Gasteiger partial charge in [-0.05, 0) is 37.1 Å². The summed E-state index contributed by atoms with van der Waals surface area (Å²) < 4.78 is 0. The van der Waals surface area contributed by atoms with Gasteiger partial charge in [0, 0.05) is 24.2 Å². The van der Waals surface area contributed by atoms with Gasteiger partial charge < -0.3 is 4.90 Å². The van der Waals surface area contributed by atoms with Crippen LogP contribution in [0.5, 0.6) is 0 Å². The van der Waals surface area contributed by atoms with Gasteiger partial charge in [0.25, 0.3) is 0 Å². The summed E-state index contributed by atoms with van der Waals surface area (Å²) in [5.74, 6) is 0. The van der Waals surface area contributed by atoms with E-state index in [0.717, 1.165) is 5.56 Å². The largest absolute Gasteiger partial charge is 0.370 e. The normalized spacial score (nSPS) is 22.1. The van der Waals surface area contributed by atoms with Gasteiger partial charge in [-0.25, -0.2) is 0 Å². The van der Waals surface area contributed by atoms with Gasteiger partial charge in [-0.15, -0.1) is 0 Å². The third kappa shape index (κ3) is 2.10. The zero-order chi connectivity index (χ0) is 12.4. The first-order chi connectivity index (χ1) is 8.81. The molecule has 0 atom stereocenters. The van der Waals surface area contributed by atoms with Crippen LogP contribution in [0.1, 0.15) is 44.1 Å². The summed E-state index contributed by atoms with van der Waals surface area (Å²) in [7, 11) is 0. The summed E-state index contributed by atoms with van der Waals surface area (Å²) in [6.45, 7) is 2.44. The average Bonchev–Trinajstić information content (AvgIpc) is 2.63. The zero-order valence-electron chi connectivity index (χ0n) is 10.9. The summed E-state index contributed by atoms with van der Waals surface area (Å²) in [6, 6.07) is 10.2. The van der Waals surface area contributed by atoms with Gasteiger partial charge >= 0.3 is 0 Å². The van der Waals surface area contributed by atoms with E-state index in [4.69, 9.17) is 5.26 Å². The van der Waals surface area contributed by atoms with E-state index >= 15 is 0 Å². The highest BCUT2D eigenvalue weighted by Gasteiger charge is 2.42. The third-order valence-electron chi connectivity index (χ3n) is 4.58. The standard InChI is InChI=1S/C16H20N2/c17-11-14-5-7-15(8-6-14)18-12-16(13-18)9-3-1-2-4-10-16/h5-8H,1-4,9-10,12-13H2. The molecule has 1 aromatic carbocycles. The van der Waals surface area contributed by atoms with E-state index in [1.807, 2.05) is 12.1 Å². The Balaban J connectivity index is 1.65. The summed E-state index contributed by atoms with van der Waals surface area (Å²) in [5, 5.41) is 8.80. The van der Waals surface area contributed by atoms with Crippen LogP contribution in [0.4, 0.5) is 5.69 Å². The van der Waals surface area contributed by atoms with Gasteiger partial charge in [0.2, 0.25) is 0 Å². The molecular weight excluding hydrogens is 220 g/mol. The Labute approximate surface area is 109 Å². The van der Waals surface area contributed by atoms with Crippen molar-refractivity contribution >= 4 is 5.69 Å². The lowest BCUT2D eigenvalue weighted by Crippen LogP contribution is -2.56. The minimum atomic E-state index is 0.615. The highest BCUT2D eigenvalue weighted by Crippen LogP contribution is 2.44. The molecule has 0 aromatic heterocycles. The van der Waals surface area contributed by atoms with E-state index in [1.54, 1.807) is 0 Å². The van der Waals surface area contributed by atoms with Crippen molar-refractivity contribution in [2.75, 3.05) is 18.0 Å². The van der Waals surface area contributed by atoms with E-state index in [0.29, 0.717) is 5.41 Å². The quantitative estimate of drug-likeness (QED) is 0.748. The van der Waals surface area contributed by atoms with Crippen molar-refractivity contribution in [3.63, 3.8) is 0 Å². The number of rotatable bonds is 1. The van der Waals surface area contributed by atoms with Gasteiger partial charge in [0.1, 0.15) is 0 Å². The summed E-state index contributed by atoms with van der Waals surface area (Å²) in [4.78, 5) is 2.46. The van der Waals surface area contributed by atoms with Gasteiger partial charge in [-0.1, -0.05) is 25.7 Å². The number of hydrogen-bond acceptors (Lipinski definition) is 2. The Morgan fingerprint density at radius 2 is 1.56 bits per heavy atom. The zero-order valence-corrected chi connectivity index (χ0v) is 10.9. The Hall–Kier alpha value is -1.49. The third-order valence-corrected chi connectivity index (χ3v) is 4.58. The van der Waals surface area contributed by atoms with Crippen molar-refractivity contribution in [3.8, 4) is 6.07 Å². The molecule has 1 saturated heterocycles. The number of hydrogen-bond donors (Lipinski definition) is 0. The molecule has 3 rings (SSSR count). The van der Waals surface area contributed by atoms with Crippen molar-refractivity contribution in [1.29, 1.82) is 5.26 Å². The minimum absolute atomic E-state index is 0.615. The molecule has 18 heavy (non-hydrogen) atoms. The van der Waals surface area contributed by atoms with Crippen LogP contribution in [-0.2, 0) is 0 Å². The van der Waals surface area contributed by atoms with Crippen LogP contribution < -0.4 is 4.90 Å². The van der Waals surface area contributed by atoms with Gasteiger partial charge in [0.15, 0.2) is 0 Å². The summed E-state index contributed by atoms with van der Waals surface area (Å²) in [6.07, 6.45) is 8.53. The van der Waals surface area contributed by atoms with Crippen LogP contribution >= 0.6 is 0 Å². The van der Waals surface area contributed by atoms with E-state index in [1.165, 1.54) is 57.3 Å². The molecule has 2 fully saturated rings. The molecule has 1 aromatic rings. The van der Waals surface area contributed by atoms with Gasteiger partial charge in [-0.3, -0.25) is 0 Å². The van der Waals surface area contributed by atoms with Gasteiger partial charge in [0.05, 0.1) is 11.6 Å². The molecule has 1 heterocycles. The van der Waals surface area contributed by atoms with Crippen molar-refractivity contribution in [2.24, 2.45) is 5.41 Å². The molecular formula is C16H20N2. The average molecular weight is 240 g/mol. The first kappa shape index (κ1) is 11.6. The van der Waals surface area contributed by atoms with Crippen LogP contribution in [0.2, 0.25) is 0 Å². The maximum Gasteiger partial charge on any atom is 0.0991 e. The van der Waals surface area contributed by atoms with E-state index < -0.39 is 0 Å². The van der Waals surface area contributed by atoms with Crippen molar-refractivity contribution in [1.82, 2.24) is 0 Å². The highest BCUT2D eigenvalue weighted by molar-refractivity contribution is 5.52. The van der Waals surface area contributed by atoms with Gasteiger partial charge in [-0.2, -0.15) is 5.26 Å². The maximum absolute atomic E-state index is 8.80. The lowest BCUT2D eigenvalue weighted by molar-refractivity contribution is 0.180. The number of nitriles is 1. The lowest BCUT2D eigenvalue weighted by atomic mass is 9.73. The topological polar surface area (TPSA) is 27.0 Å². The second-order valence-electron chi connectivity index (χ2n) is 5.93. The summed E-state index contributed by atoms with van der Waals surface area (Å²) >= 11 is 0. The minimum Gasteiger partial charge on any atom is -0.370 e. The number of anilines is 1. The molecule has 2 aliphatic rings. The van der Waals surface area contributed by atoms with Crippen molar-refractivity contribution < 1.29 is 0 Å². The van der Waals surface area contributed by atoms with Crippen molar-refractivity contribution in [3.05, 3.63) is 29.8 Å². The second kappa shape index (κ2) is 4.65. The Kier molecular flexibility index (Phi) is 2.99. The smallest absolute Gasteiger partial charge is 0.0991 e. The predicted octanol–water partition coefficient (Wildman–Crippen LogP) is 3.72. The fraction of sp³-hybridized carbons (Fsp3) is 0.562. The molecule has 1 aliphatic heterocycles. The SMILES string of the molecule is N#Cc1ccc(N2CC3(CCCCCC3)C2)cc1. The fourth-order valence-corrected chi connectivity index (χ4v) is 3.49. The Bertz CT molecular complexity index is 439. The Morgan fingerprint density at radius 1 is 0.944 bits per heavy atom. The first-order valence-electron chi connectivity index (χ1n) is 7.07. The van der Waals surface area contributed by atoms with E-state index in [9.17, 15) is 0 Å². The van der Waals surface area contributed by atoms with Crippen LogP contribution in [0.15, 0.2) is 24.3 Å². The molecule has 1 spiro atoms. The van der Waals surface area contributed by atoms with E-state index in [-0.39, 0.29) is 0 Å². The van der Waals surface area contributed by atoms with Crippen LogP contribution in [0, 0.1) is 16.7 Å².